The van der Waals surface area contributed by atoms with E-state index < -0.39 is 11.6 Å². The lowest BCUT2D eigenvalue weighted by Gasteiger charge is -2.25. The number of nitrogens with zero attached hydrogens (tertiary/aromatic N) is 3. The topological polar surface area (TPSA) is 77.7 Å². The number of carbonyl (C=O) groups excluding carboxylic acids is 1. The third-order valence-corrected chi connectivity index (χ3v) is 5.41. The Morgan fingerprint density at radius 3 is 2.83 bits per heavy atom. The lowest BCUT2D eigenvalue weighted by molar-refractivity contribution is 0.0737. The number of H-pyrrole nitrogens is 2. The molecule has 29 heavy (non-hydrogen) atoms. The average molecular weight is 393 g/mol. The van der Waals surface area contributed by atoms with Crippen LogP contribution in [0.15, 0.2) is 48.9 Å². The van der Waals surface area contributed by atoms with E-state index in [0.717, 1.165) is 29.1 Å². The second-order valence-electron chi connectivity index (χ2n) is 7.11. The number of aromatic nitrogens is 4. The molecule has 2 N–H and O–H groups in total. The van der Waals surface area contributed by atoms with Crippen molar-refractivity contribution in [3.8, 4) is 11.3 Å². The second-order valence-corrected chi connectivity index (χ2v) is 7.11. The highest BCUT2D eigenvalue weighted by atomic mass is 19.2. The van der Waals surface area contributed by atoms with Crippen LogP contribution in [0, 0.1) is 11.6 Å². The largest absolute Gasteiger partial charge is 0.345 e. The van der Waals surface area contributed by atoms with Gasteiger partial charge in [0.15, 0.2) is 11.6 Å². The van der Waals surface area contributed by atoms with Crippen molar-refractivity contribution in [2.24, 2.45) is 0 Å². The Labute approximate surface area is 164 Å². The van der Waals surface area contributed by atoms with Crippen LogP contribution in [0.5, 0.6) is 0 Å². The summed E-state index contributed by atoms with van der Waals surface area (Å²) in [4.78, 5) is 22.6. The summed E-state index contributed by atoms with van der Waals surface area (Å²) in [6.45, 7) is 0.565. The monoisotopic (exact) mass is 393 g/mol. The molecule has 0 bridgehead atoms. The lowest BCUT2D eigenvalue weighted by atomic mass is 10.0. The van der Waals surface area contributed by atoms with Crippen LogP contribution in [-0.4, -0.2) is 37.5 Å². The molecule has 1 aromatic carbocycles. The number of likely N-dealkylation sites (tertiary alicyclic amines) is 1. The Kier molecular flexibility index (Phi) is 4.12. The van der Waals surface area contributed by atoms with Crippen molar-refractivity contribution in [2.75, 3.05) is 6.54 Å². The van der Waals surface area contributed by atoms with Crippen molar-refractivity contribution in [3.63, 3.8) is 0 Å². The number of fused-ring (bicyclic) bond motifs is 1. The van der Waals surface area contributed by atoms with Gasteiger partial charge in [0, 0.05) is 29.9 Å². The van der Waals surface area contributed by atoms with Crippen LogP contribution in [0.4, 0.5) is 8.78 Å². The minimum Gasteiger partial charge on any atom is -0.345 e. The molecule has 5 rings (SSSR count). The minimum atomic E-state index is -0.898. The van der Waals surface area contributed by atoms with Gasteiger partial charge in [-0.15, -0.1) is 0 Å². The molecule has 1 amide bonds. The molecule has 1 aliphatic rings. The number of pyridine rings is 1. The zero-order valence-corrected chi connectivity index (χ0v) is 15.3. The van der Waals surface area contributed by atoms with Gasteiger partial charge in [-0.25, -0.2) is 13.8 Å². The van der Waals surface area contributed by atoms with Gasteiger partial charge in [-0.2, -0.15) is 5.10 Å². The van der Waals surface area contributed by atoms with Gasteiger partial charge in [0.1, 0.15) is 5.65 Å². The molecule has 8 heteroatoms. The lowest BCUT2D eigenvalue weighted by Crippen LogP contribution is -2.30. The van der Waals surface area contributed by atoms with Crippen LogP contribution in [0.2, 0.25) is 0 Å². The van der Waals surface area contributed by atoms with Gasteiger partial charge in [0.05, 0.1) is 23.5 Å². The highest BCUT2D eigenvalue weighted by molar-refractivity contribution is 6.06. The summed E-state index contributed by atoms with van der Waals surface area (Å²) in [6.07, 6.45) is 6.60. The van der Waals surface area contributed by atoms with E-state index in [9.17, 15) is 13.6 Å². The zero-order valence-electron chi connectivity index (χ0n) is 15.3. The third kappa shape index (κ3) is 2.97. The SMILES string of the molecule is O=C(c1c[nH]c2nc(-c3cn[nH]c3)ccc12)N1CCCC1c1ccc(F)c(F)c1. The average Bonchev–Trinajstić information content (AvgIpc) is 3.49. The number of rotatable bonds is 3. The van der Waals surface area contributed by atoms with Gasteiger partial charge in [0.2, 0.25) is 0 Å². The van der Waals surface area contributed by atoms with Gasteiger partial charge < -0.3 is 9.88 Å². The van der Waals surface area contributed by atoms with Crippen LogP contribution in [0.3, 0.4) is 0 Å². The smallest absolute Gasteiger partial charge is 0.256 e. The predicted molar refractivity (Wildman–Crippen MR) is 103 cm³/mol. The summed E-state index contributed by atoms with van der Waals surface area (Å²) in [5.41, 5.74) is 3.33. The van der Waals surface area contributed by atoms with E-state index in [1.807, 2.05) is 12.1 Å². The summed E-state index contributed by atoms with van der Waals surface area (Å²) in [5, 5.41) is 7.40. The molecule has 1 atom stereocenters. The molecular weight excluding hydrogens is 376 g/mol. The molecule has 0 radical (unpaired) electrons. The summed E-state index contributed by atoms with van der Waals surface area (Å²) >= 11 is 0. The van der Waals surface area contributed by atoms with E-state index in [-0.39, 0.29) is 11.9 Å². The van der Waals surface area contributed by atoms with Crippen LogP contribution in [0.1, 0.15) is 34.8 Å². The van der Waals surface area contributed by atoms with E-state index in [2.05, 4.69) is 20.2 Å². The fraction of sp³-hybridized carbons (Fsp3) is 0.190. The molecule has 4 aromatic rings. The quantitative estimate of drug-likeness (QED) is 0.547. The molecule has 1 saturated heterocycles. The number of amides is 1. The second kappa shape index (κ2) is 6.80. The molecular formula is C21H17F2N5O. The number of carbonyl (C=O) groups is 1. The van der Waals surface area contributed by atoms with Gasteiger partial charge >= 0.3 is 0 Å². The predicted octanol–water partition coefficient (Wildman–Crippen LogP) is 4.21. The van der Waals surface area contributed by atoms with E-state index >= 15 is 0 Å². The Hall–Kier alpha value is -3.55. The molecule has 0 saturated carbocycles. The molecule has 6 nitrogen and oxygen atoms in total. The number of hydrogen-bond donors (Lipinski definition) is 2. The van der Waals surface area contributed by atoms with Gasteiger partial charge in [0.25, 0.3) is 5.91 Å². The third-order valence-electron chi connectivity index (χ3n) is 5.41. The Morgan fingerprint density at radius 1 is 1.14 bits per heavy atom. The maximum Gasteiger partial charge on any atom is 0.256 e. The van der Waals surface area contributed by atoms with Crippen LogP contribution in [0.25, 0.3) is 22.3 Å². The zero-order chi connectivity index (χ0) is 20.0. The fourth-order valence-electron chi connectivity index (χ4n) is 3.96. The number of benzene rings is 1. The van der Waals surface area contributed by atoms with Gasteiger partial charge in [-0.05, 0) is 42.7 Å². The van der Waals surface area contributed by atoms with Crippen LogP contribution < -0.4 is 0 Å². The van der Waals surface area contributed by atoms with Crippen molar-refractivity contribution in [1.29, 1.82) is 0 Å². The molecule has 0 aliphatic carbocycles. The summed E-state index contributed by atoms with van der Waals surface area (Å²) in [6, 6.07) is 7.26. The minimum absolute atomic E-state index is 0.152. The number of hydrogen-bond acceptors (Lipinski definition) is 3. The Bertz CT molecular complexity index is 1200. The van der Waals surface area contributed by atoms with Gasteiger partial charge in [-0.1, -0.05) is 6.07 Å². The molecule has 3 aromatic heterocycles. The van der Waals surface area contributed by atoms with E-state index in [1.54, 1.807) is 29.6 Å². The van der Waals surface area contributed by atoms with Crippen molar-refractivity contribution < 1.29 is 13.6 Å². The first-order valence-electron chi connectivity index (χ1n) is 9.35. The van der Waals surface area contributed by atoms with Crippen molar-refractivity contribution >= 4 is 16.9 Å². The number of nitrogens with one attached hydrogen (secondary N) is 2. The first kappa shape index (κ1) is 17.5. The molecule has 1 unspecified atom stereocenters. The van der Waals surface area contributed by atoms with Crippen molar-refractivity contribution in [3.05, 3.63) is 71.7 Å². The summed E-state index contributed by atoms with van der Waals surface area (Å²) in [7, 11) is 0. The Balaban J connectivity index is 1.48. The van der Waals surface area contributed by atoms with E-state index in [0.29, 0.717) is 29.7 Å². The maximum atomic E-state index is 13.7. The van der Waals surface area contributed by atoms with Gasteiger partial charge in [-0.3, -0.25) is 9.89 Å². The summed E-state index contributed by atoms with van der Waals surface area (Å²) < 4.78 is 27.0. The fourth-order valence-corrected chi connectivity index (χ4v) is 3.96. The number of halogens is 2. The van der Waals surface area contributed by atoms with Crippen molar-refractivity contribution in [2.45, 2.75) is 18.9 Å². The number of aromatic amines is 2. The van der Waals surface area contributed by atoms with Crippen molar-refractivity contribution in [1.82, 2.24) is 25.1 Å². The van der Waals surface area contributed by atoms with Crippen LogP contribution >= 0.6 is 0 Å². The summed E-state index contributed by atoms with van der Waals surface area (Å²) in [5.74, 6) is -1.94. The molecule has 0 spiro atoms. The normalized spacial score (nSPS) is 16.6. The highest BCUT2D eigenvalue weighted by Gasteiger charge is 2.32. The van der Waals surface area contributed by atoms with Crippen LogP contribution in [-0.2, 0) is 0 Å². The molecule has 1 fully saturated rings. The van der Waals surface area contributed by atoms with E-state index in [1.165, 1.54) is 6.07 Å². The molecule has 4 heterocycles. The standard InChI is InChI=1S/C21H17F2N5O/c22-16-5-3-12(8-17(16)23)19-2-1-7-28(19)21(29)15-11-24-20-14(15)4-6-18(27-20)13-9-25-26-10-13/h3-6,8-11,19H,1-2,7H2,(H,24,27)(H,25,26). The maximum absolute atomic E-state index is 13.7. The van der Waals surface area contributed by atoms with E-state index in [4.69, 9.17) is 0 Å². The Morgan fingerprint density at radius 2 is 2.03 bits per heavy atom. The molecule has 1 aliphatic heterocycles. The first-order valence-corrected chi connectivity index (χ1v) is 9.35. The molecule has 146 valence electrons. The first-order chi connectivity index (χ1) is 14.1. The highest BCUT2D eigenvalue weighted by Crippen LogP contribution is 2.35.